The molecule has 0 fully saturated rings. The number of rotatable bonds is 8. The topological polar surface area (TPSA) is 77.6 Å². The summed E-state index contributed by atoms with van der Waals surface area (Å²) in [7, 11) is 0. The fourth-order valence-electron chi connectivity index (χ4n) is 7.25. The van der Waals surface area contributed by atoms with Crippen molar-refractivity contribution in [3.8, 4) is 56.5 Å². The zero-order valence-electron chi connectivity index (χ0n) is 30.1. The molecule has 0 aliphatic carbocycles. The number of fused-ring (bicyclic) bond motifs is 6. The van der Waals surface area contributed by atoms with Crippen molar-refractivity contribution in [2.75, 3.05) is 0 Å². The van der Waals surface area contributed by atoms with Gasteiger partial charge in [0, 0.05) is 53.4 Å². The smallest absolute Gasteiger partial charge is 0.180 e. The van der Waals surface area contributed by atoms with E-state index in [-0.39, 0.29) is 0 Å². The van der Waals surface area contributed by atoms with E-state index >= 15 is 0 Å². The minimum Gasteiger partial charge on any atom is -0.452 e. The van der Waals surface area contributed by atoms with Crippen molar-refractivity contribution in [2.45, 2.75) is 0 Å². The minimum atomic E-state index is 0.557. The highest BCUT2D eigenvalue weighted by Gasteiger charge is 2.20. The first-order valence-corrected chi connectivity index (χ1v) is 19.0. The summed E-state index contributed by atoms with van der Waals surface area (Å²) in [5, 5.41) is 3.24. The predicted molar refractivity (Wildman–Crippen MR) is 231 cm³/mol. The van der Waals surface area contributed by atoms with Gasteiger partial charge in [0.15, 0.2) is 28.9 Å². The van der Waals surface area contributed by atoms with Gasteiger partial charge >= 0.3 is 0 Å². The number of thiophene rings is 1. The molecule has 56 heavy (non-hydrogen) atoms. The van der Waals surface area contributed by atoms with E-state index in [0.29, 0.717) is 34.6 Å². The lowest BCUT2D eigenvalue weighted by Gasteiger charge is -2.10. The van der Waals surface area contributed by atoms with Crippen molar-refractivity contribution in [1.82, 2.24) is 24.9 Å². The highest BCUT2D eigenvalue weighted by Crippen LogP contribution is 2.43. The van der Waals surface area contributed by atoms with Crippen LogP contribution in [0.2, 0.25) is 0 Å². The molecular weight excluding hydrogens is 707 g/mol. The van der Waals surface area contributed by atoms with Crippen molar-refractivity contribution in [3.63, 3.8) is 0 Å². The van der Waals surface area contributed by atoms with Gasteiger partial charge in [-0.1, -0.05) is 135 Å². The quantitative estimate of drug-likeness (QED) is 0.145. The lowest BCUT2D eigenvalue weighted by molar-refractivity contribution is 0.667. The summed E-state index contributed by atoms with van der Waals surface area (Å²) < 4.78 is 8.83. The third kappa shape index (κ3) is 5.78. The van der Waals surface area contributed by atoms with Crippen LogP contribution < -0.4 is 0 Å². The summed E-state index contributed by atoms with van der Waals surface area (Å²) in [5.74, 6) is 2.45. The van der Waals surface area contributed by atoms with E-state index < -0.39 is 0 Å². The van der Waals surface area contributed by atoms with Crippen LogP contribution in [-0.4, -0.2) is 24.9 Å². The Balaban J connectivity index is 1.14. The predicted octanol–water partition coefficient (Wildman–Crippen LogP) is 13.0. The number of furan rings is 1. The zero-order chi connectivity index (χ0) is 37.6. The lowest BCUT2D eigenvalue weighted by Crippen LogP contribution is -2.00. The van der Waals surface area contributed by atoms with Crippen LogP contribution in [0.1, 0.15) is 5.82 Å². The number of aromatic nitrogens is 5. The van der Waals surface area contributed by atoms with Crippen molar-refractivity contribution in [1.29, 1.82) is 0 Å². The minimum absolute atomic E-state index is 0.557. The number of hydrogen-bond donors (Lipinski definition) is 0. The van der Waals surface area contributed by atoms with Crippen molar-refractivity contribution in [2.24, 2.45) is 0 Å². The summed E-state index contributed by atoms with van der Waals surface area (Å²) in [6.07, 6.45) is 5.35. The van der Waals surface area contributed by atoms with Crippen molar-refractivity contribution >= 4 is 59.2 Å². The zero-order valence-corrected chi connectivity index (χ0v) is 30.9. The van der Waals surface area contributed by atoms with E-state index in [2.05, 4.69) is 73.8 Å². The van der Waals surface area contributed by atoms with Gasteiger partial charge in [0.1, 0.15) is 16.8 Å². The Kier molecular flexibility index (Phi) is 8.20. The molecule has 0 aliphatic heterocycles. The molecule has 10 aromatic rings. The van der Waals surface area contributed by atoms with Gasteiger partial charge in [-0.05, 0) is 53.6 Å². The van der Waals surface area contributed by atoms with E-state index in [9.17, 15) is 0 Å². The average Bonchev–Trinajstić information content (AvgIpc) is 3.84. The van der Waals surface area contributed by atoms with Crippen LogP contribution in [0, 0.1) is 0 Å². The summed E-state index contributed by atoms with van der Waals surface area (Å²) in [6, 6.07) is 49.6. The SMILES string of the molecule is C=C/C=C(\C=C)c1nc(-c2cccc(-c3cccc4sc5ccc(-c6nc(-c7ccccc7)nc(-c7ccccc7)n6)cc5c34)c2)c2oc3ccccc3c2n1. The molecule has 0 radical (unpaired) electrons. The van der Waals surface area contributed by atoms with Crippen molar-refractivity contribution in [3.05, 3.63) is 183 Å². The lowest BCUT2D eigenvalue weighted by atomic mass is 9.96. The Bertz CT molecular complexity index is 3120. The Labute approximate surface area is 326 Å². The van der Waals surface area contributed by atoms with Crippen LogP contribution in [0.25, 0.3) is 104 Å². The molecule has 6 aromatic carbocycles. The fraction of sp³-hybridized carbons (Fsp3) is 0. The molecule has 7 heteroatoms. The molecule has 0 N–H and O–H groups in total. The van der Waals surface area contributed by atoms with Crippen LogP contribution in [-0.2, 0) is 0 Å². The van der Waals surface area contributed by atoms with Gasteiger partial charge < -0.3 is 4.42 Å². The number of nitrogens with zero attached hydrogens (tertiary/aromatic N) is 5. The summed E-state index contributed by atoms with van der Waals surface area (Å²) in [5.41, 5.74) is 9.53. The highest BCUT2D eigenvalue weighted by atomic mass is 32.1. The molecule has 0 atom stereocenters. The summed E-state index contributed by atoms with van der Waals surface area (Å²) in [4.78, 5) is 25.0. The largest absolute Gasteiger partial charge is 0.452 e. The molecule has 0 saturated heterocycles. The molecule has 0 aliphatic rings. The number of benzene rings is 6. The van der Waals surface area contributed by atoms with Crippen molar-refractivity contribution < 1.29 is 4.42 Å². The molecule has 264 valence electrons. The Morgan fingerprint density at radius 3 is 1.93 bits per heavy atom. The Morgan fingerprint density at radius 2 is 1.20 bits per heavy atom. The normalized spacial score (nSPS) is 11.8. The third-order valence-electron chi connectivity index (χ3n) is 9.89. The molecule has 4 heterocycles. The van der Waals surface area contributed by atoms with Crippen LogP contribution >= 0.6 is 11.3 Å². The van der Waals surface area contributed by atoms with E-state index in [4.69, 9.17) is 29.3 Å². The van der Waals surface area contributed by atoms with Crippen LogP contribution in [0.4, 0.5) is 0 Å². The van der Waals surface area contributed by atoms with E-state index in [1.165, 1.54) is 14.8 Å². The van der Waals surface area contributed by atoms with Crippen LogP contribution in [0.15, 0.2) is 181 Å². The van der Waals surface area contributed by atoms with E-state index in [1.807, 2.05) is 91.0 Å². The maximum atomic E-state index is 6.45. The van der Waals surface area contributed by atoms with Gasteiger partial charge in [-0.25, -0.2) is 24.9 Å². The van der Waals surface area contributed by atoms with E-state index in [1.54, 1.807) is 23.5 Å². The standard InChI is InChI=1S/C49H31N5OS/c1-3-15-30(4-2)46-50-43(45-44(51-46)37-22-11-12-24-39(37)55-45)34-21-13-20-33(28-34)36-23-14-25-41-42(36)38-29-35(26-27-40(38)56-41)49-53-47(31-16-7-5-8-17-31)52-48(54-49)32-18-9-6-10-19-32/h3-29H,1-2H2/b30-15+. The molecule has 10 rings (SSSR count). The van der Waals surface area contributed by atoms with E-state index in [0.717, 1.165) is 60.8 Å². The van der Waals surface area contributed by atoms with Gasteiger partial charge in [-0.15, -0.1) is 11.3 Å². The molecule has 6 nitrogen and oxygen atoms in total. The third-order valence-corrected chi connectivity index (χ3v) is 11.0. The maximum Gasteiger partial charge on any atom is 0.180 e. The molecule has 0 spiro atoms. The maximum absolute atomic E-state index is 6.45. The second-order valence-corrected chi connectivity index (χ2v) is 14.4. The molecule has 0 amide bonds. The van der Waals surface area contributed by atoms with Crippen LogP contribution in [0.3, 0.4) is 0 Å². The molecular formula is C49H31N5OS. The molecule has 0 saturated carbocycles. The fourth-order valence-corrected chi connectivity index (χ4v) is 8.37. The molecule has 0 unspecified atom stereocenters. The monoisotopic (exact) mass is 737 g/mol. The second kappa shape index (κ2) is 13.8. The highest BCUT2D eigenvalue weighted by molar-refractivity contribution is 7.26. The van der Waals surface area contributed by atoms with Gasteiger partial charge in [0.25, 0.3) is 0 Å². The average molecular weight is 738 g/mol. The molecule has 4 aromatic heterocycles. The first-order chi connectivity index (χ1) is 27.6. The summed E-state index contributed by atoms with van der Waals surface area (Å²) in [6.45, 7) is 7.92. The van der Waals surface area contributed by atoms with Gasteiger partial charge in [0.2, 0.25) is 0 Å². The molecule has 0 bridgehead atoms. The van der Waals surface area contributed by atoms with Gasteiger partial charge in [-0.2, -0.15) is 0 Å². The second-order valence-electron chi connectivity index (χ2n) is 13.3. The Hall–Kier alpha value is -7.35. The number of hydrogen-bond acceptors (Lipinski definition) is 7. The number of allylic oxidation sites excluding steroid dienone is 4. The number of para-hydroxylation sites is 1. The van der Waals surface area contributed by atoms with Gasteiger partial charge in [-0.3, -0.25) is 0 Å². The first kappa shape index (κ1) is 33.2. The van der Waals surface area contributed by atoms with Crippen LogP contribution in [0.5, 0.6) is 0 Å². The van der Waals surface area contributed by atoms with Gasteiger partial charge in [0.05, 0.1) is 0 Å². The summed E-state index contributed by atoms with van der Waals surface area (Å²) >= 11 is 1.78. The Morgan fingerprint density at radius 1 is 0.536 bits per heavy atom. The first-order valence-electron chi connectivity index (χ1n) is 18.2.